The van der Waals surface area contributed by atoms with Crippen molar-refractivity contribution in [3.05, 3.63) is 35.0 Å². The van der Waals surface area contributed by atoms with E-state index in [1.807, 2.05) is 12.1 Å². The molecule has 98 valence electrons. The van der Waals surface area contributed by atoms with Gasteiger partial charge < -0.3 is 10.7 Å². The number of primary amides is 1. The monoisotopic (exact) mass is 286 g/mol. The number of benzene rings is 1. The number of nitrogens with one attached hydrogen (secondary N) is 1. The number of carbonyl (C=O) groups excluding carboxylic acids is 1. The summed E-state index contributed by atoms with van der Waals surface area (Å²) in [5.41, 5.74) is 9.73. The lowest BCUT2D eigenvalue weighted by molar-refractivity contribution is 0.100. The van der Waals surface area contributed by atoms with Crippen molar-refractivity contribution >= 4 is 41.6 Å². The van der Waals surface area contributed by atoms with Crippen LogP contribution in [0.15, 0.2) is 18.2 Å². The van der Waals surface area contributed by atoms with Crippen LogP contribution in [0.25, 0.3) is 10.9 Å². The number of aromatic amines is 1. The van der Waals surface area contributed by atoms with Crippen LogP contribution < -0.4 is 5.73 Å². The van der Waals surface area contributed by atoms with Crippen LogP contribution in [0.3, 0.4) is 0 Å². The van der Waals surface area contributed by atoms with Crippen LogP contribution in [0.1, 0.15) is 34.5 Å². The molecule has 0 saturated heterocycles. The van der Waals surface area contributed by atoms with E-state index in [0.717, 1.165) is 18.4 Å². The number of hydrogen-bond donors (Lipinski definition) is 2. The van der Waals surface area contributed by atoms with Crippen LogP contribution in [0.2, 0.25) is 0 Å². The second kappa shape index (κ2) is 5.63. The number of aromatic nitrogens is 1. The number of carbonyl (C=O) groups is 1. The van der Waals surface area contributed by atoms with E-state index in [4.69, 9.17) is 5.73 Å². The van der Waals surface area contributed by atoms with Gasteiger partial charge in [0.25, 0.3) is 0 Å². The minimum absolute atomic E-state index is 0. The maximum absolute atomic E-state index is 11.1. The molecule has 0 saturated carbocycles. The van der Waals surface area contributed by atoms with Gasteiger partial charge in [-0.1, -0.05) is 0 Å². The standard InChI is InChI=1S/C13H14N2O.2ClH/c14-13(16)8-5-6-12-10(7-8)9-3-1-2-4-11(9)15-12;;/h5-7,15H,1-4H2,(H2,14,16);2*1H. The molecule has 1 heterocycles. The van der Waals surface area contributed by atoms with Gasteiger partial charge >= 0.3 is 0 Å². The lowest BCUT2D eigenvalue weighted by Gasteiger charge is -2.10. The summed E-state index contributed by atoms with van der Waals surface area (Å²) < 4.78 is 0. The molecule has 1 aliphatic carbocycles. The van der Waals surface area contributed by atoms with Crippen molar-refractivity contribution in [3.8, 4) is 0 Å². The Kier molecular flexibility index (Phi) is 4.65. The Morgan fingerprint density at radius 2 is 1.89 bits per heavy atom. The van der Waals surface area contributed by atoms with Crippen molar-refractivity contribution < 1.29 is 4.79 Å². The van der Waals surface area contributed by atoms with E-state index in [1.165, 1.54) is 29.5 Å². The Bertz CT molecular complexity index is 578. The summed E-state index contributed by atoms with van der Waals surface area (Å²) in [6.45, 7) is 0. The molecule has 18 heavy (non-hydrogen) atoms. The maximum Gasteiger partial charge on any atom is 0.248 e. The minimum Gasteiger partial charge on any atom is -0.366 e. The average molecular weight is 287 g/mol. The van der Waals surface area contributed by atoms with Crippen LogP contribution in [0.5, 0.6) is 0 Å². The molecule has 0 bridgehead atoms. The van der Waals surface area contributed by atoms with Crippen LogP contribution in [-0.4, -0.2) is 10.9 Å². The van der Waals surface area contributed by atoms with Crippen molar-refractivity contribution in [2.45, 2.75) is 25.7 Å². The van der Waals surface area contributed by atoms with Gasteiger partial charge in [-0.05, 0) is 49.4 Å². The topological polar surface area (TPSA) is 58.9 Å². The van der Waals surface area contributed by atoms with Crippen LogP contribution >= 0.6 is 24.8 Å². The van der Waals surface area contributed by atoms with Gasteiger partial charge in [-0.2, -0.15) is 0 Å². The third-order valence-electron chi connectivity index (χ3n) is 3.38. The number of hydrogen-bond acceptors (Lipinski definition) is 1. The fourth-order valence-corrected chi connectivity index (χ4v) is 2.56. The molecule has 3 rings (SSSR count). The van der Waals surface area contributed by atoms with E-state index in [2.05, 4.69) is 4.98 Å². The molecule has 0 spiro atoms. The highest BCUT2D eigenvalue weighted by Gasteiger charge is 2.15. The summed E-state index contributed by atoms with van der Waals surface area (Å²) in [6.07, 6.45) is 4.72. The molecule has 1 aliphatic rings. The second-order valence-electron chi connectivity index (χ2n) is 4.41. The first-order valence-electron chi connectivity index (χ1n) is 5.69. The summed E-state index contributed by atoms with van der Waals surface area (Å²) in [5, 5.41) is 1.17. The Balaban J connectivity index is 0.000000810. The van der Waals surface area contributed by atoms with Gasteiger partial charge in [-0.3, -0.25) is 4.79 Å². The third kappa shape index (κ3) is 2.33. The predicted molar refractivity (Wildman–Crippen MR) is 78.0 cm³/mol. The van der Waals surface area contributed by atoms with Crippen molar-refractivity contribution in [1.29, 1.82) is 0 Å². The summed E-state index contributed by atoms with van der Waals surface area (Å²) >= 11 is 0. The van der Waals surface area contributed by atoms with Crippen molar-refractivity contribution in [2.75, 3.05) is 0 Å². The molecule has 3 N–H and O–H groups in total. The van der Waals surface area contributed by atoms with E-state index < -0.39 is 0 Å². The molecule has 1 aromatic carbocycles. The number of H-pyrrole nitrogens is 1. The van der Waals surface area contributed by atoms with Crippen molar-refractivity contribution in [1.82, 2.24) is 4.98 Å². The van der Waals surface area contributed by atoms with E-state index >= 15 is 0 Å². The van der Waals surface area contributed by atoms with E-state index in [9.17, 15) is 4.79 Å². The Morgan fingerprint density at radius 3 is 2.61 bits per heavy atom. The van der Waals surface area contributed by atoms with Gasteiger partial charge in [0, 0.05) is 22.2 Å². The fraction of sp³-hybridized carbons (Fsp3) is 0.308. The second-order valence-corrected chi connectivity index (χ2v) is 4.41. The molecule has 1 amide bonds. The molecule has 1 aromatic heterocycles. The molecule has 2 aromatic rings. The summed E-state index contributed by atoms with van der Waals surface area (Å²) in [4.78, 5) is 14.6. The number of halogens is 2. The van der Waals surface area contributed by atoms with E-state index in [0.29, 0.717) is 5.56 Å². The Hall–Kier alpha value is -1.19. The summed E-state index contributed by atoms with van der Waals surface area (Å²) in [6, 6.07) is 5.65. The largest absolute Gasteiger partial charge is 0.366 e. The molecule has 3 nitrogen and oxygen atoms in total. The quantitative estimate of drug-likeness (QED) is 0.832. The molecular formula is C13H16Cl2N2O. The normalized spacial score (nSPS) is 13.3. The van der Waals surface area contributed by atoms with Crippen LogP contribution in [0, 0.1) is 0 Å². The maximum atomic E-state index is 11.1. The zero-order chi connectivity index (χ0) is 11.1. The SMILES string of the molecule is Cl.Cl.NC(=O)c1ccc2[nH]c3c(c2c1)CCCC3. The van der Waals surface area contributed by atoms with Gasteiger partial charge in [-0.15, -0.1) is 24.8 Å². The summed E-state index contributed by atoms with van der Waals surface area (Å²) in [7, 11) is 0. The average Bonchev–Trinajstić information content (AvgIpc) is 2.66. The number of aryl methyl sites for hydroxylation is 2. The molecule has 5 heteroatoms. The highest BCUT2D eigenvalue weighted by Crippen LogP contribution is 2.29. The lowest BCUT2D eigenvalue weighted by atomic mass is 9.95. The molecule has 0 aliphatic heterocycles. The number of fused-ring (bicyclic) bond motifs is 3. The minimum atomic E-state index is -0.354. The molecule has 0 atom stereocenters. The molecule has 0 radical (unpaired) electrons. The van der Waals surface area contributed by atoms with Crippen LogP contribution in [0.4, 0.5) is 0 Å². The first kappa shape index (κ1) is 14.9. The third-order valence-corrected chi connectivity index (χ3v) is 3.38. The summed E-state index contributed by atoms with van der Waals surface area (Å²) in [5.74, 6) is -0.354. The first-order valence-corrected chi connectivity index (χ1v) is 5.69. The van der Waals surface area contributed by atoms with Gasteiger partial charge in [-0.25, -0.2) is 0 Å². The van der Waals surface area contributed by atoms with Crippen LogP contribution in [-0.2, 0) is 12.8 Å². The smallest absolute Gasteiger partial charge is 0.248 e. The zero-order valence-corrected chi connectivity index (χ0v) is 11.5. The number of amides is 1. The Labute approximate surface area is 118 Å². The predicted octanol–water partition coefficient (Wildman–Crippen LogP) is 2.99. The van der Waals surface area contributed by atoms with Crippen molar-refractivity contribution in [3.63, 3.8) is 0 Å². The Morgan fingerprint density at radius 1 is 1.17 bits per heavy atom. The number of nitrogens with two attached hydrogens (primary N) is 1. The van der Waals surface area contributed by atoms with Gasteiger partial charge in [0.1, 0.15) is 0 Å². The lowest BCUT2D eigenvalue weighted by Crippen LogP contribution is -2.10. The fourth-order valence-electron chi connectivity index (χ4n) is 2.56. The number of rotatable bonds is 1. The molecule has 0 fully saturated rings. The van der Waals surface area contributed by atoms with Crippen molar-refractivity contribution in [2.24, 2.45) is 5.73 Å². The molecular weight excluding hydrogens is 271 g/mol. The highest BCUT2D eigenvalue weighted by atomic mass is 35.5. The first-order chi connectivity index (χ1) is 7.75. The van der Waals surface area contributed by atoms with Gasteiger partial charge in [0.05, 0.1) is 0 Å². The highest BCUT2D eigenvalue weighted by molar-refractivity contribution is 5.98. The molecule has 0 unspecified atom stereocenters. The van der Waals surface area contributed by atoms with Gasteiger partial charge in [0.2, 0.25) is 5.91 Å². The van der Waals surface area contributed by atoms with E-state index in [-0.39, 0.29) is 30.7 Å². The zero-order valence-electron chi connectivity index (χ0n) is 9.86. The van der Waals surface area contributed by atoms with E-state index in [1.54, 1.807) is 6.07 Å². The van der Waals surface area contributed by atoms with Gasteiger partial charge in [0.15, 0.2) is 0 Å².